The average molecular weight is 438 g/mol. The van der Waals surface area contributed by atoms with Crippen LogP contribution in [0.4, 0.5) is 0 Å². The first-order valence-corrected chi connectivity index (χ1v) is 7.36. The third-order valence-electron chi connectivity index (χ3n) is 1.11. The summed E-state index contributed by atoms with van der Waals surface area (Å²) in [5, 5.41) is 54.2. The zero-order chi connectivity index (χ0) is 25.4. The van der Waals surface area contributed by atoms with E-state index >= 15 is 0 Å². The second kappa shape index (κ2) is 24.8. The van der Waals surface area contributed by atoms with Crippen LogP contribution in [-0.2, 0) is 24.0 Å². The lowest BCUT2D eigenvalue weighted by Crippen LogP contribution is -1.93. The van der Waals surface area contributed by atoms with Crippen LogP contribution < -0.4 is 0 Å². The molecular formula is C17H26O13. The second-order valence-corrected chi connectivity index (χ2v) is 4.45. The van der Waals surface area contributed by atoms with Gasteiger partial charge in [0.2, 0.25) is 0 Å². The minimum Gasteiger partial charge on any atom is -0.508 e. The van der Waals surface area contributed by atoms with Crippen molar-refractivity contribution in [3.8, 4) is 5.75 Å². The summed E-state index contributed by atoms with van der Waals surface area (Å²) in [5.74, 6) is -5.08. The SMILES string of the molecule is CC(=O)O.CC(=O)O.CC(=O)O.CC(=O)O.CC(=O)O.O=C(O)c1ccc(O)cc1. The van der Waals surface area contributed by atoms with Crippen molar-refractivity contribution < 1.29 is 64.5 Å². The standard InChI is InChI=1S/C7H6O3.5C2H4O2/c8-6-3-1-5(2-4-6)7(9)10;5*1-2(3)4/h1-4,8H,(H,9,10);5*1H3,(H,3,4). The van der Waals surface area contributed by atoms with Gasteiger partial charge in [-0.3, -0.25) is 24.0 Å². The van der Waals surface area contributed by atoms with Gasteiger partial charge >= 0.3 is 5.97 Å². The maximum Gasteiger partial charge on any atom is 0.335 e. The Morgan fingerprint density at radius 2 is 0.667 bits per heavy atom. The van der Waals surface area contributed by atoms with E-state index in [1.54, 1.807) is 0 Å². The van der Waals surface area contributed by atoms with Gasteiger partial charge in [0.1, 0.15) is 5.75 Å². The predicted octanol–water partition coefficient (Wildman–Crippen LogP) is 1.54. The lowest BCUT2D eigenvalue weighted by molar-refractivity contribution is -0.135. The van der Waals surface area contributed by atoms with E-state index in [1.807, 2.05) is 0 Å². The highest BCUT2D eigenvalue weighted by Crippen LogP contribution is 2.08. The zero-order valence-electron chi connectivity index (χ0n) is 16.9. The quantitative estimate of drug-likeness (QED) is 0.329. The first-order valence-electron chi connectivity index (χ1n) is 7.36. The Kier molecular flexibility index (Phi) is 30.4. The van der Waals surface area contributed by atoms with Crippen LogP contribution in [0.1, 0.15) is 45.0 Å². The highest BCUT2D eigenvalue weighted by molar-refractivity contribution is 5.87. The van der Waals surface area contributed by atoms with Gasteiger partial charge in [0, 0.05) is 34.6 Å². The van der Waals surface area contributed by atoms with Crippen molar-refractivity contribution in [3.63, 3.8) is 0 Å². The van der Waals surface area contributed by atoms with E-state index < -0.39 is 35.8 Å². The summed E-state index contributed by atoms with van der Waals surface area (Å²) >= 11 is 0. The van der Waals surface area contributed by atoms with Gasteiger partial charge in [0.25, 0.3) is 29.8 Å². The number of phenolic OH excluding ortho intramolecular Hbond substituents is 1. The molecule has 1 rings (SSSR count). The summed E-state index contributed by atoms with van der Waals surface area (Å²) in [6.07, 6.45) is 0. The minimum absolute atomic E-state index is 0.0741. The fourth-order valence-electron chi connectivity index (χ4n) is 0.604. The summed E-state index contributed by atoms with van der Waals surface area (Å²) in [6.45, 7) is 5.42. The van der Waals surface area contributed by atoms with Crippen LogP contribution in [0.25, 0.3) is 0 Å². The van der Waals surface area contributed by atoms with Crippen LogP contribution in [-0.4, -0.2) is 71.6 Å². The van der Waals surface area contributed by atoms with Crippen LogP contribution >= 0.6 is 0 Å². The Labute approximate surface area is 171 Å². The molecule has 0 radical (unpaired) electrons. The first kappa shape index (κ1) is 36.7. The van der Waals surface area contributed by atoms with E-state index in [9.17, 15) is 4.79 Å². The number of rotatable bonds is 1. The van der Waals surface area contributed by atoms with Gasteiger partial charge in [-0.05, 0) is 24.3 Å². The molecule has 0 aliphatic heterocycles. The molecule has 0 aromatic heterocycles. The maximum atomic E-state index is 10.2. The number of aliphatic carboxylic acids is 5. The Bertz CT molecular complexity index is 558. The van der Waals surface area contributed by atoms with Gasteiger partial charge in [-0.2, -0.15) is 0 Å². The number of carboxylic acid groups (broad SMARTS) is 6. The summed E-state index contributed by atoms with van der Waals surface area (Å²) < 4.78 is 0. The fourth-order valence-corrected chi connectivity index (χ4v) is 0.604. The number of carbonyl (C=O) groups is 6. The largest absolute Gasteiger partial charge is 0.508 e. The Hall–Kier alpha value is -4.16. The van der Waals surface area contributed by atoms with Gasteiger partial charge in [-0.25, -0.2) is 4.79 Å². The molecule has 1 aromatic carbocycles. The number of hydrogen-bond acceptors (Lipinski definition) is 7. The molecule has 0 bridgehead atoms. The number of aromatic hydroxyl groups is 1. The molecule has 13 heteroatoms. The molecule has 0 amide bonds. The van der Waals surface area contributed by atoms with Gasteiger partial charge in [0.05, 0.1) is 5.56 Å². The monoisotopic (exact) mass is 438 g/mol. The normalized spacial score (nSPS) is 7.23. The first-order chi connectivity index (χ1) is 13.4. The molecule has 0 unspecified atom stereocenters. The van der Waals surface area contributed by atoms with E-state index in [-0.39, 0.29) is 11.3 Å². The van der Waals surface area contributed by atoms with Crippen LogP contribution in [0.3, 0.4) is 0 Å². The lowest BCUT2D eigenvalue weighted by atomic mass is 10.2. The molecule has 0 heterocycles. The molecule has 0 aliphatic carbocycles. The van der Waals surface area contributed by atoms with Crippen LogP contribution in [0.5, 0.6) is 5.75 Å². The molecule has 0 fully saturated rings. The molecule has 172 valence electrons. The second-order valence-electron chi connectivity index (χ2n) is 4.45. The average Bonchev–Trinajstić information content (AvgIpc) is 2.44. The summed E-state index contributed by atoms with van der Waals surface area (Å²) in [5.41, 5.74) is 0.179. The number of carboxylic acids is 6. The van der Waals surface area contributed by atoms with Crippen molar-refractivity contribution in [1.82, 2.24) is 0 Å². The van der Waals surface area contributed by atoms with E-state index in [1.165, 1.54) is 24.3 Å². The molecule has 1 aromatic rings. The van der Waals surface area contributed by atoms with Crippen molar-refractivity contribution in [2.24, 2.45) is 0 Å². The molecule has 30 heavy (non-hydrogen) atoms. The highest BCUT2D eigenvalue weighted by Gasteiger charge is 1.99. The smallest absolute Gasteiger partial charge is 0.335 e. The van der Waals surface area contributed by atoms with Gasteiger partial charge in [0.15, 0.2) is 0 Å². The predicted molar refractivity (Wildman–Crippen MR) is 102 cm³/mol. The molecule has 0 aliphatic rings. The van der Waals surface area contributed by atoms with Crippen molar-refractivity contribution in [2.75, 3.05) is 0 Å². The van der Waals surface area contributed by atoms with E-state index in [0.717, 1.165) is 34.6 Å². The number of hydrogen-bond donors (Lipinski definition) is 7. The van der Waals surface area contributed by atoms with Crippen molar-refractivity contribution in [3.05, 3.63) is 29.8 Å². The minimum atomic E-state index is -0.986. The van der Waals surface area contributed by atoms with Gasteiger partial charge < -0.3 is 35.7 Å². The Balaban J connectivity index is -0.0000000897. The highest BCUT2D eigenvalue weighted by atomic mass is 16.4. The number of aromatic carboxylic acids is 1. The third-order valence-corrected chi connectivity index (χ3v) is 1.11. The van der Waals surface area contributed by atoms with Gasteiger partial charge in [-0.15, -0.1) is 0 Å². The molecule has 0 saturated heterocycles. The van der Waals surface area contributed by atoms with E-state index in [0.29, 0.717) is 0 Å². The molecule has 0 atom stereocenters. The fraction of sp³-hybridized carbons (Fsp3) is 0.294. The zero-order valence-corrected chi connectivity index (χ0v) is 16.9. The topological polar surface area (TPSA) is 244 Å². The summed E-state index contributed by atoms with van der Waals surface area (Å²) in [4.78, 5) is 55.2. The van der Waals surface area contributed by atoms with Crippen molar-refractivity contribution in [1.29, 1.82) is 0 Å². The van der Waals surface area contributed by atoms with Crippen LogP contribution in [0.15, 0.2) is 24.3 Å². The number of phenols is 1. The van der Waals surface area contributed by atoms with Crippen LogP contribution in [0.2, 0.25) is 0 Å². The Morgan fingerprint density at radius 3 is 0.800 bits per heavy atom. The third kappa shape index (κ3) is 128. The van der Waals surface area contributed by atoms with E-state index in [2.05, 4.69) is 0 Å². The molecular weight excluding hydrogens is 412 g/mol. The van der Waals surface area contributed by atoms with Gasteiger partial charge in [-0.1, -0.05) is 0 Å². The molecule has 13 nitrogen and oxygen atoms in total. The van der Waals surface area contributed by atoms with Crippen molar-refractivity contribution >= 4 is 35.8 Å². The molecule has 7 N–H and O–H groups in total. The number of benzene rings is 1. The van der Waals surface area contributed by atoms with Crippen LogP contribution in [0, 0.1) is 0 Å². The summed E-state index contributed by atoms with van der Waals surface area (Å²) in [6, 6.07) is 5.36. The maximum absolute atomic E-state index is 10.2. The Morgan fingerprint density at radius 1 is 0.500 bits per heavy atom. The van der Waals surface area contributed by atoms with Crippen molar-refractivity contribution in [2.45, 2.75) is 34.6 Å². The van der Waals surface area contributed by atoms with E-state index in [4.69, 9.17) is 59.7 Å². The summed E-state index contributed by atoms with van der Waals surface area (Å²) in [7, 11) is 0. The molecule has 0 saturated carbocycles. The lowest BCUT2D eigenvalue weighted by Gasteiger charge is -1.92. The molecule has 0 spiro atoms.